The Bertz CT molecular complexity index is 1470. The minimum atomic E-state index is -4.78. The van der Waals surface area contributed by atoms with Crippen molar-refractivity contribution in [3.05, 3.63) is 84.0 Å². The first-order valence-corrected chi connectivity index (χ1v) is 15.7. The van der Waals surface area contributed by atoms with Crippen molar-refractivity contribution in [1.82, 2.24) is 0 Å². The van der Waals surface area contributed by atoms with E-state index in [1.165, 1.54) is 12.1 Å². The Morgan fingerprint density at radius 1 is 1.10 bits per heavy atom. The van der Waals surface area contributed by atoms with Crippen LogP contribution in [0.1, 0.15) is 43.4 Å². The summed E-state index contributed by atoms with van der Waals surface area (Å²) in [6.45, 7) is 4.96. The second-order valence-electron chi connectivity index (χ2n) is 11.3. The number of rotatable bonds is 9. The fourth-order valence-corrected chi connectivity index (χ4v) is 7.59. The van der Waals surface area contributed by atoms with Gasteiger partial charge in [0.15, 0.2) is 0 Å². The van der Waals surface area contributed by atoms with Crippen molar-refractivity contribution in [2.45, 2.75) is 52.0 Å². The molecule has 2 aromatic rings. The number of aliphatic hydroxyl groups is 1. The zero-order chi connectivity index (χ0) is 29.7. The summed E-state index contributed by atoms with van der Waals surface area (Å²) in [7, 11) is 0. The fraction of sp³-hybridized carbons (Fsp3) is 0.387. The molecule has 0 bridgehead atoms. The number of allylic oxidation sites excluding steroid dienone is 3. The molecule has 2 N–H and O–H groups in total. The molecule has 2 aromatic carbocycles. The van der Waals surface area contributed by atoms with Crippen LogP contribution in [0.25, 0.3) is 11.1 Å². The summed E-state index contributed by atoms with van der Waals surface area (Å²) in [6, 6.07) is 6.42. The molecule has 3 aliphatic rings. The van der Waals surface area contributed by atoms with Crippen LogP contribution in [0, 0.1) is 30.5 Å². The van der Waals surface area contributed by atoms with Crippen molar-refractivity contribution in [3.8, 4) is 16.9 Å². The third-order valence-electron chi connectivity index (χ3n) is 7.66. The number of hydrogen-bond acceptors (Lipinski definition) is 4. The fourth-order valence-electron chi connectivity index (χ4n) is 5.49. The number of benzene rings is 2. The average molecular weight is 685 g/mol. The third-order valence-corrected chi connectivity index (χ3v) is 9.67. The number of carboxylic acids is 1. The summed E-state index contributed by atoms with van der Waals surface area (Å²) in [5, 5.41) is 19.2. The molecular formula is C31H30F4IO5-. The van der Waals surface area contributed by atoms with Crippen molar-refractivity contribution in [2.75, 3.05) is 6.61 Å². The van der Waals surface area contributed by atoms with E-state index in [9.17, 15) is 32.6 Å². The van der Waals surface area contributed by atoms with Gasteiger partial charge in [-0.15, -0.1) is 0 Å². The van der Waals surface area contributed by atoms with Crippen LogP contribution in [0.2, 0.25) is 0 Å². The Hall–Kier alpha value is -2.86. The van der Waals surface area contributed by atoms with Gasteiger partial charge in [0.05, 0.1) is 12.2 Å². The summed E-state index contributed by atoms with van der Waals surface area (Å²) in [5.74, 6) is -0.986. The Kier molecular flexibility index (Phi) is 8.01. The van der Waals surface area contributed by atoms with Gasteiger partial charge in [0.2, 0.25) is 0 Å². The van der Waals surface area contributed by atoms with E-state index in [0.717, 1.165) is 11.1 Å². The molecule has 41 heavy (non-hydrogen) atoms. The van der Waals surface area contributed by atoms with Crippen LogP contribution in [-0.4, -0.2) is 28.4 Å². The van der Waals surface area contributed by atoms with E-state index in [0.29, 0.717) is 41.5 Å². The van der Waals surface area contributed by atoms with Gasteiger partial charge in [-0.05, 0) is 13.8 Å². The van der Waals surface area contributed by atoms with Gasteiger partial charge in [-0.25, -0.2) is 0 Å². The topological polar surface area (TPSA) is 76.0 Å². The van der Waals surface area contributed by atoms with Crippen LogP contribution < -0.4 is 25.9 Å². The SMILES string of the molecule is Cc1cc(OCCC(C)(C)O)ccc1-c1cc(COC2=C[I-]C=C3C(=C2)C[C@H]2[C@H](C(=O)O)[C@@H]32)c(F)cc1C(F)(F)F. The molecule has 2 fully saturated rings. The Morgan fingerprint density at radius 3 is 2.51 bits per heavy atom. The summed E-state index contributed by atoms with van der Waals surface area (Å²) in [5.41, 5.74) is 0.757. The number of alkyl halides is 3. The Balaban J connectivity index is 1.36. The second kappa shape index (κ2) is 11.1. The van der Waals surface area contributed by atoms with Gasteiger partial charge < -0.3 is 5.11 Å². The third kappa shape index (κ3) is 6.48. The van der Waals surface area contributed by atoms with E-state index in [4.69, 9.17) is 9.47 Å². The van der Waals surface area contributed by atoms with E-state index >= 15 is 0 Å². The summed E-state index contributed by atoms with van der Waals surface area (Å²) >= 11 is -0.563. The van der Waals surface area contributed by atoms with Crippen molar-refractivity contribution in [1.29, 1.82) is 0 Å². The first kappa shape index (κ1) is 29.6. The number of aryl methyl sites for hydroxylation is 1. The normalized spacial score (nSPS) is 21.9. The second-order valence-corrected chi connectivity index (χ2v) is 13.3. The van der Waals surface area contributed by atoms with Gasteiger partial charge in [-0.3, -0.25) is 0 Å². The van der Waals surface area contributed by atoms with Crippen molar-refractivity contribution < 1.29 is 63.2 Å². The zero-order valence-electron chi connectivity index (χ0n) is 22.7. The van der Waals surface area contributed by atoms with Crippen molar-refractivity contribution in [2.24, 2.45) is 17.8 Å². The molecule has 10 heteroatoms. The standard InChI is InChI=1S/C31H30F4IO5/c1-16-8-19(40-7-6-30(2,3)39)4-5-21(16)22-11-18(26(32)12-25(22)31(33,34)35)15-41-20-9-17-10-23-27(28(23)29(37)38)24(17)14-36-13-20/h4-5,8-9,11-14,23,27-28,39H,6-7,10,15H2,1-3H3,(H,37,38)/q-1/t23-,27-,28+/m1/s1. The first-order valence-electron chi connectivity index (χ1n) is 13.2. The molecule has 0 saturated heterocycles. The van der Waals surface area contributed by atoms with Crippen LogP contribution in [0.15, 0.2) is 61.5 Å². The van der Waals surface area contributed by atoms with E-state index in [2.05, 4.69) is 4.08 Å². The van der Waals surface area contributed by atoms with Gasteiger partial charge in [0.25, 0.3) is 0 Å². The molecule has 1 aliphatic heterocycles. The predicted octanol–water partition coefficient (Wildman–Crippen LogP) is 3.98. The molecule has 5 rings (SSSR count). The average Bonchev–Trinajstić information content (AvgIpc) is 3.53. The molecule has 1 heterocycles. The van der Waals surface area contributed by atoms with Gasteiger partial charge >= 0.3 is 209 Å². The van der Waals surface area contributed by atoms with Crippen LogP contribution >= 0.6 is 0 Å². The molecule has 0 aromatic heterocycles. The number of ether oxygens (including phenoxy) is 2. The number of carboxylic acid groups (broad SMARTS) is 1. The number of hydrogen-bond donors (Lipinski definition) is 2. The van der Waals surface area contributed by atoms with E-state index < -0.39 is 50.3 Å². The summed E-state index contributed by atoms with van der Waals surface area (Å²) < 4.78 is 72.5. The van der Waals surface area contributed by atoms with Gasteiger partial charge in [0.1, 0.15) is 0 Å². The molecule has 0 unspecified atom stereocenters. The monoisotopic (exact) mass is 685 g/mol. The zero-order valence-corrected chi connectivity index (χ0v) is 24.8. The van der Waals surface area contributed by atoms with E-state index in [1.807, 2.05) is 10.2 Å². The molecule has 0 spiro atoms. The van der Waals surface area contributed by atoms with Gasteiger partial charge in [0, 0.05) is 6.42 Å². The summed E-state index contributed by atoms with van der Waals surface area (Å²) in [6.07, 6.45) is -1.90. The molecule has 2 aliphatic carbocycles. The van der Waals surface area contributed by atoms with Crippen molar-refractivity contribution in [3.63, 3.8) is 0 Å². The number of carbonyl (C=O) groups is 1. The Morgan fingerprint density at radius 2 is 1.85 bits per heavy atom. The molecule has 5 nitrogen and oxygen atoms in total. The molecule has 0 amide bonds. The minimum absolute atomic E-state index is 0.00644. The van der Waals surface area contributed by atoms with Crippen LogP contribution in [-0.2, 0) is 22.3 Å². The number of halogens is 5. The van der Waals surface area contributed by atoms with Gasteiger partial charge in [-0.1, -0.05) is 0 Å². The first-order chi connectivity index (χ1) is 19.2. The van der Waals surface area contributed by atoms with Crippen LogP contribution in [0.4, 0.5) is 17.6 Å². The number of fused-ring (bicyclic) bond motifs is 3. The van der Waals surface area contributed by atoms with Crippen molar-refractivity contribution >= 4 is 5.97 Å². The number of aliphatic carboxylic acids is 1. The van der Waals surface area contributed by atoms with E-state index in [-0.39, 0.29) is 42.1 Å². The maximum atomic E-state index is 15.0. The molecule has 2 saturated carbocycles. The van der Waals surface area contributed by atoms with E-state index in [1.54, 1.807) is 32.9 Å². The van der Waals surface area contributed by atoms with Crippen LogP contribution in [0.5, 0.6) is 5.75 Å². The molecular weight excluding hydrogens is 655 g/mol. The van der Waals surface area contributed by atoms with Gasteiger partial charge in [-0.2, -0.15) is 0 Å². The molecule has 3 atom stereocenters. The van der Waals surface area contributed by atoms with Crippen LogP contribution in [0.3, 0.4) is 0 Å². The molecule has 220 valence electrons. The molecule has 0 radical (unpaired) electrons. The Labute approximate surface area is 245 Å². The quantitative estimate of drug-likeness (QED) is 0.309. The maximum absolute atomic E-state index is 15.0. The summed E-state index contributed by atoms with van der Waals surface area (Å²) in [4.78, 5) is 11.4. The predicted molar refractivity (Wildman–Crippen MR) is 140 cm³/mol.